The number of hydrogen-bond acceptors (Lipinski definition) is 11. The number of ether oxygens (including phenoxy) is 4. The lowest BCUT2D eigenvalue weighted by molar-refractivity contribution is 0.0531. The number of halogens is 1. The molecular formula is C25H30ClN5O5S. The minimum absolute atomic E-state index is 0.296. The van der Waals surface area contributed by atoms with Crippen LogP contribution in [0.4, 0.5) is 16.9 Å². The molecule has 0 aliphatic carbocycles. The minimum Gasteiger partial charge on any atom is -0.493 e. The number of aryl methyl sites for hydroxylation is 1. The lowest BCUT2D eigenvalue weighted by Crippen LogP contribution is -2.25. The molecule has 0 saturated carbocycles. The number of fused-ring (bicyclic) bond motifs is 1. The summed E-state index contributed by atoms with van der Waals surface area (Å²) in [5.74, 6) is 2.39. The molecule has 2 aromatic heterocycles. The number of nitrogens with zero attached hydrogens (tertiary/aromatic N) is 4. The Kier molecular flexibility index (Phi) is 8.55. The van der Waals surface area contributed by atoms with Gasteiger partial charge in [0.15, 0.2) is 16.6 Å². The van der Waals surface area contributed by atoms with E-state index < -0.39 is 5.97 Å². The van der Waals surface area contributed by atoms with E-state index in [0.29, 0.717) is 57.2 Å². The summed E-state index contributed by atoms with van der Waals surface area (Å²) in [5.41, 5.74) is 2.46. The van der Waals surface area contributed by atoms with Crippen molar-refractivity contribution in [1.82, 2.24) is 15.0 Å². The Morgan fingerprint density at radius 2 is 1.84 bits per heavy atom. The van der Waals surface area contributed by atoms with Gasteiger partial charge >= 0.3 is 5.97 Å². The number of hydrogen-bond donors (Lipinski definition) is 1. The number of thiazole rings is 1. The van der Waals surface area contributed by atoms with Crippen LogP contribution in [0.25, 0.3) is 0 Å². The molecule has 0 fully saturated rings. The number of esters is 1. The summed E-state index contributed by atoms with van der Waals surface area (Å²) in [6.45, 7) is 5.17. The average Bonchev–Trinajstić information content (AvgIpc) is 3.13. The van der Waals surface area contributed by atoms with E-state index in [1.165, 1.54) is 11.3 Å². The Morgan fingerprint density at radius 3 is 2.49 bits per heavy atom. The van der Waals surface area contributed by atoms with Gasteiger partial charge in [-0.3, -0.25) is 5.32 Å². The fourth-order valence-electron chi connectivity index (χ4n) is 4.22. The first kappa shape index (κ1) is 26.7. The zero-order valence-corrected chi connectivity index (χ0v) is 23.1. The summed E-state index contributed by atoms with van der Waals surface area (Å²) >= 11 is 7.84. The first-order chi connectivity index (χ1) is 17.9. The highest BCUT2D eigenvalue weighted by molar-refractivity contribution is 7.17. The van der Waals surface area contributed by atoms with Gasteiger partial charge in [0.1, 0.15) is 15.8 Å². The Balaban J connectivity index is 1.66. The SMILES string of the molecule is CCOC(=O)c1sc(Nc2nc(Cl)c3c(n2)N(Cc2cc(OC)c(OC)c(OC)c2)CCCC3)nc1C. The molecular weight excluding hydrogens is 518 g/mol. The maximum Gasteiger partial charge on any atom is 0.350 e. The van der Waals surface area contributed by atoms with Crippen molar-refractivity contribution < 1.29 is 23.7 Å². The van der Waals surface area contributed by atoms with Gasteiger partial charge in [-0.15, -0.1) is 0 Å². The van der Waals surface area contributed by atoms with E-state index in [9.17, 15) is 4.79 Å². The highest BCUT2D eigenvalue weighted by atomic mass is 35.5. The number of rotatable bonds is 9. The number of anilines is 3. The smallest absolute Gasteiger partial charge is 0.350 e. The van der Waals surface area contributed by atoms with Crippen LogP contribution in [0, 0.1) is 6.92 Å². The van der Waals surface area contributed by atoms with Gasteiger partial charge in [0, 0.05) is 18.7 Å². The van der Waals surface area contributed by atoms with Crippen LogP contribution >= 0.6 is 22.9 Å². The predicted octanol–water partition coefficient (Wildman–Crippen LogP) is 5.18. The highest BCUT2D eigenvalue weighted by Crippen LogP contribution is 2.39. The fourth-order valence-corrected chi connectivity index (χ4v) is 5.33. The Bertz CT molecular complexity index is 1260. The largest absolute Gasteiger partial charge is 0.493 e. The van der Waals surface area contributed by atoms with Crippen molar-refractivity contribution in [3.63, 3.8) is 0 Å². The third kappa shape index (κ3) is 5.83. The topological polar surface area (TPSA) is 108 Å². The molecule has 37 heavy (non-hydrogen) atoms. The molecule has 12 heteroatoms. The van der Waals surface area contributed by atoms with E-state index >= 15 is 0 Å². The molecule has 0 unspecified atom stereocenters. The van der Waals surface area contributed by atoms with E-state index in [1.807, 2.05) is 12.1 Å². The Hall–Kier alpha value is -3.31. The van der Waals surface area contributed by atoms with Gasteiger partial charge in [-0.1, -0.05) is 22.9 Å². The number of methoxy groups -OCH3 is 3. The van der Waals surface area contributed by atoms with Crippen LogP contribution in [-0.4, -0.2) is 55.4 Å². The van der Waals surface area contributed by atoms with Crippen LogP contribution in [0.15, 0.2) is 12.1 Å². The number of carbonyl (C=O) groups excluding carboxylic acids is 1. The van der Waals surface area contributed by atoms with Crippen LogP contribution < -0.4 is 24.4 Å². The monoisotopic (exact) mass is 547 g/mol. The predicted molar refractivity (Wildman–Crippen MR) is 143 cm³/mol. The Labute approximate surface area is 224 Å². The third-order valence-electron chi connectivity index (χ3n) is 5.91. The second-order valence-corrected chi connectivity index (χ2v) is 9.69. The first-order valence-electron chi connectivity index (χ1n) is 11.9. The van der Waals surface area contributed by atoms with Crippen LogP contribution in [0.1, 0.15) is 46.3 Å². The molecule has 0 amide bonds. The molecule has 1 aliphatic heterocycles. The van der Waals surface area contributed by atoms with Crippen molar-refractivity contribution >= 4 is 45.8 Å². The average molecular weight is 548 g/mol. The van der Waals surface area contributed by atoms with Gasteiger partial charge in [-0.05, 0) is 50.8 Å². The van der Waals surface area contributed by atoms with E-state index in [2.05, 4.69) is 20.2 Å². The molecule has 1 N–H and O–H groups in total. The molecule has 0 radical (unpaired) electrons. The van der Waals surface area contributed by atoms with Crippen molar-refractivity contribution in [2.75, 3.05) is 44.7 Å². The van der Waals surface area contributed by atoms with Crippen molar-refractivity contribution in [1.29, 1.82) is 0 Å². The minimum atomic E-state index is -0.400. The van der Waals surface area contributed by atoms with Crippen molar-refractivity contribution in [3.8, 4) is 17.2 Å². The molecule has 1 aliphatic rings. The quantitative estimate of drug-likeness (QED) is 0.284. The third-order valence-corrected chi connectivity index (χ3v) is 7.28. The van der Waals surface area contributed by atoms with Crippen molar-refractivity contribution in [2.45, 2.75) is 39.7 Å². The molecule has 3 aromatic rings. The summed E-state index contributed by atoms with van der Waals surface area (Å²) in [6.07, 6.45) is 2.74. The second kappa shape index (κ2) is 11.8. The molecule has 0 bridgehead atoms. The second-order valence-electron chi connectivity index (χ2n) is 8.33. The lowest BCUT2D eigenvalue weighted by Gasteiger charge is -2.25. The van der Waals surface area contributed by atoms with E-state index in [1.54, 1.807) is 35.2 Å². The summed E-state index contributed by atoms with van der Waals surface area (Å²) in [7, 11) is 4.78. The van der Waals surface area contributed by atoms with Crippen LogP contribution in [0.5, 0.6) is 17.2 Å². The molecule has 0 spiro atoms. The van der Waals surface area contributed by atoms with Gasteiger partial charge < -0.3 is 23.8 Å². The summed E-state index contributed by atoms with van der Waals surface area (Å²) in [5, 5.41) is 4.00. The van der Waals surface area contributed by atoms with Crippen molar-refractivity contribution in [3.05, 3.63) is 39.0 Å². The molecule has 0 saturated heterocycles. The van der Waals surface area contributed by atoms with Gasteiger partial charge in [0.05, 0.1) is 33.6 Å². The number of benzene rings is 1. The Morgan fingerprint density at radius 1 is 1.11 bits per heavy atom. The summed E-state index contributed by atoms with van der Waals surface area (Å²) in [6, 6.07) is 3.87. The fraction of sp³-hybridized carbons (Fsp3) is 0.440. The van der Waals surface area contributed by atoms with Gasteiger partial charge in [-0.25, -0.2) is 14.8 Å². The number of carbonyl (C=O) groups is 1. The maximum absolute atomic E-state index is 12.2. The van der Waals surface area contributed by atoms with Gasteiger partial charge in [-0.2, -0.15) is 4.98 Å². The highest BCUT2D eigenvalue weighted by Gasteiger charge is 2.24. The van der Waals surface area contributed by atoms with E-state index in [0.717, 1.165) is 42.8 Å². The van der Waals surface area contributed by atoms with Crippen LogP contribution in [0.2, 0.25) is 5.15 Å². The first-order valence-corrected chi connectivity index (χ1v) is 13.1. The summed E-state index contributed by atoms with van der Waals surface area (Å²) in [4.78, 5) is 28.6. The summed E-state index contributed by atoms with van der Waals surface area (Å²) < 4.78 is 21.6. The molecule has 1 aromatic carbocycles. The van der Waals surface area contributed by atoms with Crippen LogP contribution in [-0.2, 0) is 17.7 Å². The van der Waals surface area contributed by atoms with E-state index in [4.69, 9.17) is 35.5 Å². The van der Waals surface area contributed by atoms with Crippen LogP contribution in [0.3, 0.4) is 0 Å². The zero-order valence-electron chi connectivity index (χ0n) is 21.5. The van der Waals surface area contributed by atoms with Gasteiger partial charge in [0.25, 0.3) is 0 Å². The normalized spacial score (nSPS) is 13.0. The lowest BCUT2D eigenvalue weighted by atomic mass is 10.1. The molecule has 4 rings (SSSR count). The van der Waals surface area contributed by atoms with Gasteiger partial charge in [0.2, 0.25) is 11.7 Å². The zero-order chi connectivity index (χ0) is 26.5. The molecule has 10 nitrogen and oxygen atoms in total. The maximum atomic E-state index is 12.2. The molecule has 3 heterocycles. The number of nitrogens with one attached hydrogen (secondary N) is 1. The molecule has 0 atom stereocenters. The standard InChI is InChI=1S/C25H30ClN5O5S/c1-6-36-23(32)20-14(2)27-25(37-20)30-24-28-21(26)16-9-7-8-10-31(22(16)29-24)13-15-11-17(33-3)19(35-5)18(12-15)34-4/h11-12H,6-10,13H2,1-5H3,(H,27,28,29,30). The number of aromatic nitrogens is 3. The van der Waals surface area contributed by atoms with Crippen molar-refractivity contribution in [2.24, 2.45) is 0 Å². The van der Waals surface area contributed by atoms with E-state index in [-0.39, 0.29) is 0 Å². The molecule has 198 valence electrons.